The van der Waals surface area contributed by atoms with Crippen LogP contribution in [0.4, 0.5) is 0 Å². The van der Waals surface area contributed by atoms with Gasteiger partial charge in [-0.3, -0.25) is 14.7 Å². The van der Waals surface area contributed by atoms with Gasteiger partial charge in [0.15, 0.2) is 0 Å². The summed E-state index contributed by atoms with van der Waals surface area (Å²) in [7, 11) is 0. The molecule has 0 aromatic carbocycles. The van der Waals surface area contributed by atoms with Crippen molar-refractivity contribution in [2.24, 2.45) is 0 Å². The molecule has 1 aromatic rings. The maximum absolute atomic E-state index is 11.4. The van der Waals surface area contributed by atoms with Gasteiger partial charge in [-0.2, -0.15) is 0 Å². The summed E-state index contributed by atoms with van der Waals surface area (Å²) < 4.78 is 0. The SMILES string of the molecule is CC(=O)N1CCN(Cc2cc[c]nc2)CC1C. The molecule has 1 radical (unpaired) electrons. The highest BCUT2D eigenvalue weighted by Gasteiger charge is 2.24. The average Bonchev–Trinajstić information content (AvgIpc) is 2.30. The van der Waals surface area contributed by atoms with Crippen molar-refractivity contribution in [1.29, 1.82) is 0 Å². The molecule has 17 heavy (non-hydrogen) atoms. The maximum atomic E-state index is 11.4. The molecule has 91 valence electrons. The van der Waals surface area contributed by atoms with E-state index in [1.54, 1.807) is 6.92 Å². The van der Waals surface area contributed by atoms with Crippen molar-refractivity contribution in [3.63, 3.8) is 0 Å². The Kier molecular flexibility index (Phi) is 3.74. The quantitative estimate of drug-likeness (QED) is 0.761. The largest absolute Gasteiger partial charge is 0.338 e. The summed E-state index contributed by atoms with van der Waals surface area (Å²) in [4.78, 5) is 19.7. The lowest BCUT2D eigenvalue weighted by molar-refractivity contribution is -0.133. The predicted molar refractivity (Wildman–Crippen MR) is 65.2 cm³/mol. The van der Waals surface area contributed by atoms with Gasteiger partial charge in [-0.15, -0.1) is 0 Å². The van der Waals surface area contributed by atoms with Gasteiger partial charge in [0.05, 0.1) is 6.20 Å². The van der Waals surface area contributed by atoms with Gasteiger partial charge in [0.1, 0.15) is 0 Å². The number of pyridine rings is 1. The number of aromatic nitrogens is 1. The summed E-state index contributed by atoms with van der Waals surface area (Å²) in [5.74, 6) is 0.174. The Morgan fingerprint density at radius 3 is 3.00 bits per heavy atom. The van der Waals surface area contributed by atoms with Crippen molar-refractivity contribution in [2.75, 3.05) is 19.6 Å². The molecule has 0 bridgehead atoms. The zero-order chi connectivity index (χ0) is 12.3. The van der Waals surface area contributed by atoms with Crippen molar-refractivity contribution >= 4 is 5.91 Å². The molecule has 0 N–H and O–H groups in total. The first-order valence-electron chi connectivity index (χ1n) is 5.97. The van der Waals surface area contributed by atoms with Crippen LogP contribution in [0, 0.1) is 6.20 Å². The topological polar surface area (TPSA) is 36.4 Å². The maximum Gasteiger partial charge on any atom is 0.219 e. The highest BCUT2D eigenvalue weighted by molar-refractivity contribution is 5.73. The van der Waals surface area contributed by atoms with E-state index in [4.69, 9.17) is 0 Å². The fourth-order valence-corrected chi connectivity index (χ4v) is 2.35. The van der Waals surface area contributed by atoms with Gasteiger partial charge in [-0.1, -0.05) is 6.07 Å². The van der Waals surface area contributed by atoms with Crippen molar-refractivity contribution in [1.82, 2.24) is 14.8 Å². The van der Waals surface area contributed by atoms with Crippen LogP contribution in [0.15, 0.2) is 18.3 Å². The first-order valence-corrected chi connectivity index (χ1v) is 5.97. The van der Waals surface area contributed by atoms with Crippen LogP contribution >= 0.6 is 0 Å². The van der Waals surface area contributed by atoms with Gasteiger partial charge in [0.25, 0.3) is 0 Å². The molecule has 1 atom stereocenters. The minimum absolute atomic E-state index is 0.174. The van der Waals surface area contributed by atoms with Crippen molar-refractivity contribution in [2.45, 2.75) is 26.4 Å². The van der Waals surface area contributed by atoms with Gasteiger partial charge < -0.3 is 4.90 Å². The van der Waals surface area contributed by atoms with Crippen LogP contribution in [-0.2, 0) is 11.3 Å². The van der Waals surface area contributed by atoms with E-state index in [0.717, 1.165) is 26.2 Å². The molecule has 1 aromatic heterocycles. The number of piperazine rings is 1. The minimum atomic E-state index is 0.174. The lowest BCUT2D eigenvalue weighted by atomic mass is 10.1. The number of hydrogen-bond donors (Lipinski definition) is 0. The molecule has 1 aliphatic heterocycles. The molecular weight excluding hydrogens is 214 g/mol. The van der Waals surface area contributed by atoms with Crippen molar-refractivity contribution < 1.29 is 4.79 Å². The van der Waals surface area contributed by atoms with E-state index >= 15 is 0 Å². The molecule has 2 rings (SSSR count). The first-order chi connectivity index (χ1) is 8.16. The van der Waals surface area contributed by atoms with E-state index in [-0.39, 0.29) is 5.91 Å². The standard InChI is InChI=1S/C13H18N3O/c1-11-9-15(6-7-16(11)12(2)17)10-13-4-3-5-14-8-13/h3-4,8,11H,6-7,9-10H2,1-2H3. The van der Waals surface area contributed by atoms with E-state index in [1.807, 2.05) is 23.2 Å². The molecule has 1 aliphatic rings. The van der Waals surface area contributed by atoms with Gasteiger partial charge in [-0.25, -0.2) is 0 Å². The third kappa shape index (κ3) is 3.03. The monoisotopic (exact) mass is 232 g/mol. The third-order valence-corrected chi connectivity index (χ3v) is 3.20. The molecule has 1 fully saturated rings. The van der Waals surface area contributed by atoms with Crippen LogP contribution in [0.1, 0.15) is 19.4 Å². The van der Waals surface area contributed by atoms with Gasteiger partial charge >= 0.3 is 0 Å². The Morgan fingerprint density at radius 1 is 1.59 bits per heavy atom. The molecular formula is C13H18N3O. The highest BCUT2D eigenvalue weighted by Crippen LogP contribution is 2.12. The van der Waals surface area contributed by atoms with Crippen LogP contribution in [-0.4, -0.2) is 46.4 Å². The first kappa shape index (κ1) is 12.0. The summed E-state index contributed by atoms with van der Waals surface area (Å²) in [6.45, 7) is 7.33. The molecule has 4 heteroatoms. The number of amides is 1. The Bertz CT molecular complexity index is 380. The molecule has 0 aliphatic carbocycles. The lowest BCUT2D eigenvalue weighted by Crippen LogP contribution is -2.52. The second-order valence-electron chi connectivity index (χ2n) is 4.59. The van der Waals surface area contributed by atoms with Gasteiger partial charge in [0, 0.05) is 45.3 Å². The Balaban J connectivity index is 1.92. The number of carbonyl (C=O) groups excluding carboxylic acids is 1. The van der Waals surface area contributed by atoms with E-state index in [9.17, 15) is 4.79 Å². The smallest absolute Gasteiger partial charge is 0.219 e. The Labute approximate surface area is 102 Å². The summed E-state index contributed by atoms with van der Waals surface area (Å²) in [5, 5.41) is 0. The van der Waals surface area contributed by atoms with Crippen LogP contribution in [0.2, 0.25) is 0 Å². The summed E-state index contributed by atoms with van der Waals surface area (Å²) in [5.41, 5.74) is 1.20. The Hall–Kier alpha value is -1.42. The Morgan fingerprint density at radius 2 is 2.41 bits per heavy atom. The fourth-order valence-electron chi connectivity index (χ4n) is 2.35. The molecule has 0 saturated carbocycles. The van der Waals surface area contributed by atoms with Crippen LogP contribution in [0.5, 0.6) is 0 Å². The molecule has 1 saturated heterocycles. The predicted octanol–water partition coefficient (Wildman–Crippen LogP) is 0.934. The van der Waals surface area contributed by atoms with E-state index in [0.29, 0.717) is 6.04 Å². The molecule has 1 amide bonds. The van der Waals surface area contributed by atoms with Crippen LogP contribution in [0.25, 0.3) is 0 Å². The van der Waals surface area contributed by atoms with Gasteiger partial charge in [0.2, 0.25) is 5.91 Å². The molecule has 1 unspecified atom stereocenters. The summed E-state index contributed by atoms with van der Waals surface area (Å²) >= 11 is 0. The van der Waals surface area contributed by atoms with Crippen LogP contribution < -0.4 is 0 Å². The number of nitrogens with zero attached hydrogens (tertiary/aromatic N) is 3. The second-order valence-corrected chi connectivity index (χ2v) is 4.59. The minimum Gasteiger partial charge on any atom is -0.338 e. The van der Waals surface area contributed by atoms with Crippen LogP contribution in [0.3, 0.4) is 0 Å². The second kappa shape index (κ2) is 5.27. The summed E-state index contributed by atoms with van der Waals surface area (Å²) in [6, 6.07) is 4.17. The zero-order valence-electron chi connectivity index (χ0n) is 10.4. The molecule has 2 heterocycles. The fraction of sp³-hybridized carbons (Fsp3) is 0.538. The van der Waals surface area contributed by atoms with E-state index in [2.05, 4.69) is 23.0 Å². The number of carbonyl (C=O) groups is 1. The molecule has 0 spiro atoms. The van der Waals surface area contributed by atoms with E-state index < -0.39 is 0 Å². The average molecular weight is 232 g/mol. The zero-order valence-corrected chi connectivity index (χ0v) is 10.4. The number of hydrogen-bond acceptors (Lipinski definition) is 3. The van der Waals surface area contributed by atoms with Crippen molar-refractivity contribution in [3.8, 4) is 0 Å². The van der Waals surface area contributed by atoms with Crippen molar-refractivity contribution in [3.05, 3.63) is 30.1 Å². The third-order valence-electron chi connectivity index (χ3n) is 3.20. The number of rotatable bonds is 2. The highest BCUT2D eigenvalue weighted by atomic mass is 16.2. The molecule has 4 nitrogen and oxygen atoms in total. The normalized spacial score (nSPS) is 21.5. The summed E-state index contributed by atoms with van der Waals surface area (Å²) in [6.07, 6.45) is 4.63. The lowest BCUT2D eigenvalue weighted by Gasteiger charge is -2.39. The van der Waals surface area contributed by atoms with Gasteiger partial charge in [-0.05, 0) is 18.6 Å². The van der Waals surface area contributed by atoms with E-state index in [1.165, 1.54) is 5.56 Å².